The molecule has 0 heterocycles. The Labute approximate surface area is 127 Å². The molecular formula is C12H20N2O8. The first-order valence-electron chi connectivity index (χ1n) is 6.30. The minimum Gasteiger partial charge on any atom is -0.480 e. The second kappa shape index (κ2) is 10.5. The van der Waals surface area contributed by atoms with Gasteiger partial charge in [0.15, 0.2) is 0 Å². The third kappa shape index (κ3) is 9.66. The van der Waals surface area contributed by atoms with Gasteiger partial charge in [0.25, 0.3) is 0 Å². The summed E-state index contributed by atoms with van der Waals surface area (Å²) in [6, 6.07) is 0. The first-order chi connectivity index (χ1) is 10.3. The number of carboxylic acids is 2. The molecule has 0 unspecified atom stereocenters. The Morgan fingerprint density at radius 2 is 1.05 bits per heavy atom. The van der Waals surface area contributed by atoms with E-state index in [1.807, 2.05) is 0 Å². The second-order valence-electron chi connectivity index (χ2n) is 4.36. The number of rotatable bonds is 11. The number of hydrogen-bond donors (Lipinski definition) is 2. The number of hydrogen-bond acceptors (Lipinski definition) is 8. The third-order valence-electron chi connectivity index (χ3n) is 2.61. The molecular weight excluding hydrogens is 300 g/mol. The van der Waals surface area contributed by atoms with E-state index in [2.05, 4.69) is 9.47 Å². The lowest BCUT2D eigenvalue weighted by molar-refractivity contribution is -0.147. The molecule has 0 amide bonds. The molecule has 0 spiro atoms. The van der Waals surface area contributed by atoms with Crippen LogP contribution in [0.5, 0.6) is 0 Å². The molecule has 0 aliphatic heterocycles. The van der Waals surface area contributed by atoms with Crippen LogP contribution in [0.4, 0.5) is 0 Å². The molecule has 0 saturated heterocycles. The van der Waals surface area contributed by atoms with Crippen molar-refractivity contribution in [1.82, 2.24) is 9.80 Å². The molecule has 0 fully saturated rings. The monoisotopic (exact) mass is 320 g/mol. The number of carbonyl (C=O) groups is 4. The van der Waals surface area contributed by atoms with Crippen LogP contribution in [-0.4, -0.2) is 97.4 Å². The fourth-order valence-electron chi connectivity index (χ4n) is 1.59. The van der Waals surface area contributed by atoms with Crippen LogP contribution in [0.15, 0.2) is 0 Å². The molecule has 0 atom stereocenters. The summed E-state index contributed by atoms with van der Waals surface area (Å²) in [6.45, 7) is -1.16. The van der Waals surface area contributed by atoms with Gasteiger partial charge in [-0.3, -0.25) is 29.0 Å². The molecule has 0 aromatic carbocycles. The fraction of sp³-hybridized carbons (Fsp3) is 0.667. The maximum absolute atomic E-state index is 11.2. The van der Waals surface area contributed by atoms with Gasteiger partial charge in [0.1, 0.15) is 0 Å². The van der Waals surface area contributed by atoms with E-state index in [9.17, 15) is 19.2 Å². The normalized spacial score (nSPS) is 10.5. The van der Waals surface area contributed by atoms with Crippen LogP contribution in [0.25, 0.3) is 0 Å². The average Bonchev–Trinajstić information content (AvgIpc) is 2.42. The summed E-state index contributed by atoms with van der Waals surface area (Å²) >= 11 is 0. The molecule has 22 heavy (non-hydrogen) atoms. The Morgan fingerprint density at radius 1 is 0.727 bits per heavy atom. The minimum atomic E-state index is -1.14. The Balaban J connectivity index is 4.63. The summed E-state index contributed by atoms with van der Waals surface area (Å²) in [6.07, 6.45) is 0. The predicted molar refractivity (Wildman–Crippen MR) is 72.2 cm³/mol. The molecule has 0 aliphatic carbocycles. The molecule has 0 aromatic heterocycles. The van der Waals surface area contributed by atoms with Crippen molar-refractivity contribution in [2.45, 2.75) is 0 Å². The molecule has 0 aliphatic rings. The van der Waals surface area contributed by atoms with Gasteiger partial charge in [0, 0.05) is 13.1 Å². The zero-order valence-corrected chi connectivity index (χ0v) is 12.5. The van der Waals surface area contributed by atoms with Crippen LogP contribution >= 0.6 is 0 Å². The van der Waals surface area contributed by atoms with E-state index in [0.717, 1.165) is 0 Å². The van der Waals surface area contributed by atoms with Crippen molar-refractivity contribution < 1.29 is 38.9 Å². The number of methoxy groups -OCH3 is 2. The third-order valence-corrected chi connectivity index (χ3v) is 2.61. The quantitative estimate of drug-likeness (QED) is 0.416. The van der Waals surface area contributed by atoms with Crippen molar-refractivity contribution >= 4 is 23.9 Å². The van der Waals surface area contributed by atoms with E-state index in [-0.39, 0.29) is 26.2 Å². The highest BCUT2D eigenvalue weighted by Gasteiger charge is 2.19. The zero-order valence-electron chi connectivity index (χ0n) is 12.5. The maximum atomic E-state index is 11.2. The van der Waals surface area contributed by atoms with Gasteiger partial charge in [0.05, 0.1) is 40.4 Å². The number of esters is 2. The molecule has 126 valence electrons. The van der Waals surface area contributed by atoms with E-state index in [1.54, 1.807) is 0 Å². The van der Waals surface area contributed by atoms with Crippen molar-refractivity contribution in [2.24, 2.45) is 0 Å². The van der Waals surface area contributed by atoms with E-state index in [0.29, 0.717) is 0 Å². The van der Waals surface area contributed by atoms with E-state index >= 15 is 0 Å². The minimum absolute atomic E-state index is 0.0751. The van der Waals surface area contributed by atoms with Crippen molar-refractivity contribution in [3.8, 4) is 0 Å². The molecule has 0 bridgehead atoms. The largest absolute Gasteiger partial charge is 0.480 e. The van der Waals surface area contributed by atoms with Gasteiger partial charge in [-0.1, -0.05) is 0 Å². The molecule has 0 rings (SSSR count). The van der Waals surface area contributed by atoms with Crippen LogP contribution in [-0.2, 0) is 28.7 Å². The highest BCUT2D eigenvalue weighted by atomic mass is 16.5. The SMILES string of the molecule is COC(=O)CN(CCN(CC(=O)O)CC(=O)OC)CC(=O)O. The van der Waals surface area contributed by atoms with Crippen molar-refractivity contribution in [3.63, 3.8) is 0 Å². The molecule has 0 radical (unpaired) electrons. The number of aliphatic carboxylic acids is 2. The lowest BCUT2D eigenvalue weighted by atomic mass is 10.4. The van der Waals surface area contributed by atoms with Crippen LogP contribution in [0.3, 0.4) is 0 Å². The molecule has 10 nitrogen and oxygen atoms in total. The van der Waals surface area contributed by atoms with Crippen LogP contribution in [0.2, 0.25) is 0 Å². The van der Waals surface area contributed by atoms with Crippen molar-refractivity contribution in [2.75, 3.05) is 53.5 Å². The van der Waals surface area contributed by atoms with Gasteiger partial charge in [-0.15, -0.1) is 0 Å². The van der Waals surface area contributed by atoms with Gasteiger partial charge in [-0.25, -0.2) is 0 Å². The van der Waals surface area contributed by atoms with E-state index in [1.165, 1.54) is 24.0 Å². The molecule has 0 saturated carbocycles. The number of nitrogens with zero attached hydrogens (tertiary/aromatic N) is 2. The Kier molecular flexibility index (Phi) is 9.46. The number of carbonyl (C=O) groups excluding carboxylic acids is 2. The van der Waals surface area contributed by atoms with Gasteiger partial charge in [-0.2, -0.15) is 0 Å². The van der Waals surface area contributed by atoms with Gasteiger partial charge < -0.3 is 19.7 Å². The lowest BCUT2D eigenvalue weighted by Gasteiger charge is -2.24. The standard InChI is InChI=1S/C12H20N2O8/c1-21-11(19)7-13(5-9(15)16)3-4-14(6-10(17)18)8-12(20)22-2/h3-8H2,1-2H3,(H,15,16)(H,17,18). The summed E-state index contributed by atoms with van der Waals surface area (Å²) in [5, 5.41) is 17.6. The van der Waals surface area contributed by atoms with Gasteiger partial charge >= 0.3 is 23.9 Å². The van der Waals surface area contributed by atoms with E-state index < -0.39 is 37.0 Å². The molecule has 2 N–H and O–H groups in total. The van der Waals surface area contributed by atoms with Crippen LogP contribution in [0, 0.1) is 0 Å². The fourth-order valence-corrected chi connectivity index (χ4v) is 1.59. The van der Waals surface area contributed by atoms with Crippen molar-refractivity contribution in [3.05, 3.63) is 0 Å². The smallest absolute Gasteiger partial charge is 0.319 e. The summed E-state index contributed by atoms with van der Waals surface area (Å²) < 4.78 is 8.92. The first kappa shape index (κ1) is 19.8. The summed E-state index contributed by atoms with van der Waals surface area (Å²) in [7, 11) is 2.35. The zero-order chi connectivity index (χ0) is 17.1. The lowest BCUT2D eigenvalue weighted by Crippen LogP contribution is -2.43. The Hall–Kier alpha value is -2.20. The first-order valence-corrected chi connectivity index (χ1v) is 6.30. The van der Waals surface area contributed by atoms with Gasteiger partial charge in [-0.05, 0) is 0 Å². The number of carboxylic acid groups (broad SMARTS) is 2. The maximum Gasteiger partial charge on any atom is 0.319 e. The van der Waals surface area contributed by atoms with Crippen molar-refractivity contribution in [1.29, 1.82) is 0 Å². The van der Waals surface area contributed by atoms with E-state index in [4.69, 9.17) is 10.2 Å². The summed E-state index contributed by atoms with van der Waals surface area (Å²) in [4.78, 5) is 46.5. The Bertz CT molecular complexity index is 374. The molecule has 10 heteroatoms. The predicted octanol–water partition coefficient (Wildman–Crippen LogP) is -1.89. The average molecular weight is 320 g/mol. The summed E-state index contributed by atoms with van der Waals surface area (Å²) in [5.41, 5.74) is 0. The molecule has 0 aromatic rings. The highest BCUT2D eigenvalue weighted by Crippen LogP contribution is 1.95. The van der Waals surface area contributed by atoms with Crippen LogP contribution in [0.1, 0.15) is 0 Å². The van der Waals surface area contributed by atoms with Gasteiger partial charge in [0.2, 0.25) is 0 Å². The highest BCUT2D eigenvalue weighted by molar-refractivity contribution is 5.74. The topological polar surface area (TPSA) is 134 Å². The second-order valence-corrected chi connectivity index (χ2v) is 4.36. The summed E-state index contributed by atoms with van der Waals surface area (Å²) in [5.74, 6) is -3.50. The van der Waals surface area contributed by atoms with Crippen LogP contribution < -0.4 is 0 Å². The Morgan fingerprint density at radius 3 is 1.27 bits per heavy atom. The number of ether oxygens (including phenoxy) is 2.